The number of hydrogen-bond acceptors (Lipinski definition) is 6. The van der Waals surface area contributed by atoms with Gasteiger partial charge in [-0.3, -0.25) is 14.5 Å². The highest BCUT2D eigenvalue weighted by molar-refractivity contribution is 6.31. The Morgan fingerprint density at radius 1 is 0.949 bits per heavy atom. The highest BCUT2D eigenvalue weighted by atomic mass is 35.5. The molecule has 7 nitrogen and oxygen atoms in total. The standard InChI is InChI=1S/C31H23ClN2O5/c1-18-7-6-10-26(33-18)34-28(27-29(35)22-16-21(32)12-14-23(22)39-30(27)31(34)36)20-11-13-24(25(15-20)37-2)38-17-19-8-4-3-5-9-19/h3-16,28H,17H2,1-2H3. The van der Waals surface area contributed by atoms with Gasteiger partial charge < -0.3 is 13.9 Å². The maximum absolute atomic E-state index is 13.9. The number of carbonyl (C=O) groups is 1. The van der Waals surface area contributed by atoms with Crippen LogP contribution in [-0.2, 0) is 6.61 Å². The minimum Gasteiger partial charge on any atom is -0.493 e. The fraction of sp³-hybridized carbons (Fsp3) is 0.129. The third kappa shape index (κ3) is 4.41. The van der Waals surface area contributed by atoms with Crippen LogP contribution in [0, 0.1) is 6.92 Å². The van der Waals surface area contributed by atoms with Crippen molar-refractivity contribution >= 4 is 34.3 Å². The Morgan fingerprint density at radius 3 is 2.54 bits per heavy atom. The van der Waals surface area contributed by atoms with Gasteiger partial charge in [0.25, 0.3) is 5.91 Å². The molecule has 1 aliphatic heterocycles. The van der Waals surface area contributed by atoms with Crippen molar-refractivity contribution in [3.63, 3.8) is 0 Å². The van der Waals surface area contributed by atoms with E-state index in [2.05, 4.69) is 4.98 Å². The first-order valence-corrected chi connectivity index (χ1v) is 12.7. The monoisotopic (exact) mass is 538 g/mol. The molecule has 3 aromatic carbocycles. The fourth-order valence-electron chi connectivity index (χ4n) is 4.87. The SMILES string of the molecule is COc1cc(C2c3c(oc4ccc(Cl)cc4c3=O)C(=O)N2c2cccc(C)n2)ccc1OCc1ccccc1. The first-order valence-electron chi connectivity index (χ1n) is 12.3. The Hall–Kier alpha value is -4.62. The van der Waals surface area contributed by atoms with Crippen molar-refractivity contribution in [1.82, 2.24) is 4.98 Å². The van der Waals surface area contributed by atoms with Gasteiger partial charge in [-0.25, -0.2) is 4.98 Å². The number of amides is 1. The van der Waals surface area contributed by atoms with Crippen molar-refractivity contribution in [3.8, 4) is 11.5 Å². The maximum atomic E-state index is 13.9. The van der Waals surface area contributed by atoms with Crippen LogP contribution >= 0.6 is 11.6 Å². The van der Waals surface area contributed by atoms with E-state index >= 15 is 0 Å². The number of pyridine rings is 1. The molecule has 39 heavy (non-hydrogen) atoms. The van der Waals surface area contributed by atoms with E-state index in [1.807, 2.05) is 55.5 Å². The molecular formula is C31H23ClN2O5. The van der Waals surface area contributed by atoms with Crippen molar-refractivity contribution < 1.29 is 18.7 Å². The highest BCUT2D eigenvalue weighted by Crippen LogP contribution is 2.43. The van der Waals surface area contributed by atoms with Crippen molar-refractivity contribution in [2.45, 2.75) is 19.6 Å². The molecule has 1 amide bonds. The van der Waals surface area contributed by atoms with Gasteiger partial charge in [0.15, 0.2) is 16.9 Å². The second kappa shape index (κ2) is 9.93. The Labute approximate surface area is 229 Å². The zero-order valence-electron chi connectivity index (χ0n) is 21.2. The van der Waals surface area contributed by atoms with Crippen molar-refractivity contribution in [3.05, 3.63) is 128 Å². The number of benzene rings is 3. The molecule has 0 bridgehead atoms. The lowest BCUT2D eigenvalue weighted by molar-refractivity contribution is 0.0970. The summed E-state index contributed by atoms with van der Waals surface area (Å²) in [7, 11) is 1.55. The minimum atomic E-state index is -0.807. The zero-order valence-corrected chi connectivity index (χ0v) is 21.9. The summed E-state index contributed by atoms with van der Waals surface area (Å²) in [6, 6.07) is 24.5. The van der Waals surface area contributed by atoms with Crippen molar-refractivity contribution in [2.75, 3.05) is 12.0 Å². The van der Waals surface area contributed by atoms with E-state index in [1.54, 1.807) is 43.5 Å². The Balaban J connectivity index is 1.50. The number of anilines is 1. The second-order valence-corrected chi connectivity index (χ2v) is 9.65. The molecule has 6 rings (SSSR count). The van der Waals surface area contributed by atoms with Crippen LogP contribution in [0.1, 0.15) is 39.0 Å². The van der Waals surface area contributed by atoms with Gasteiger partial charge in [-0.2, -0.15) is 0 Å². The summed E-state index contributed by atoms with van der Waals surface area (Å²) in [5.41, 5.74) is 2.57. The van der Waals surface area contributed by atoms with Gasteiger partial charge >= 0.3 is 0 Å². The largest absolute Gasteiger partial charge is 0.493 e. The Morgan fingerprint density at radius 2 is 1.77 bits per heavy atom. The molecule has 0 radical (unpaired) electrons. The molecule has 0 aliphatic carbocycles. The molecule has 2 aromatic heterocycles. The number of fused-ring (bicyclic) bond motifs is 2. The van der Waals surface area contributed by atoms with Gasteiger partial charge in [-0.15, -0.1) is 0 Å². The van der Waals surface area contributed by atoms with Crippen LogP contribution in [0.3, 0.4) is 0 Å². The van der Waals surface area contributed by atoms with E-state index in [9.17, 15) is 9.59 Å². The lowest BCUT2D eigenvalue weighted by Gasteiger charge is -2.25. The minimum absolute atomic E-state index is 0.0218. The third-order valence-corrected chi connectivity index (χ3v) is 6.93. The van der Waals surface area contributed by atoms with Crippen molar-refractivity contribution in [2.24, 2.45) is 0 Å². The number of aryl methyl sites for hydroxylation is 1. The molecule has 1 unspecified atom stereocenters. The van der Waals surface area contributed by atoms with Crippen LogP contribution < -0.4 is 19.8 Å². The van der Waals surface area contributed by atoms with Crippen LogP contribution in [0.25, 0.3) is 11.0 Å². The quantitative estimate of drug-likeness (QED) is 0.246. The number of aromatic nitrogens is 1. The molecule has 1 aliphatic rings. The molecule has 0 saturated heterocycles. The van der Waals surface area contributed by atoms with E-state index in [4.69, 9.17) is 25.5 Å². The van der Waals surface area contributed by atoms with Gasteiger partial charge in [0.1, 0.15) is 18.0 Å². The van der Waals surface area contributed by atoms with Crippen LogP contribution in [0.4, 0.5) is 5.82 Å². The molecule has 0 fully saturated rings. The number of halogens is 1. The zero-order chi connectivity index (χ0) is 27.1. The third-order valence-electron chi connectivity index (χ3n) is 6.69. The lowest BCUT2D eigenvalue weighted by atomic mass is 9.98. The summed E-state index contributed by atoms with van der Waals surface area (Å²) in [4.78, 5) is 33.7. The molecule has 194 valence electrons. The Kier molecular flexibility index (Phi) is 6.29. The van der Waals surface area contributed by atoms with Crippen LogP contribution in [0.15, 0.2) is 94.1 Å². The van der Waals surface area contributed by atoms with Crippen LogP contribution in [0.5, 0.6) is 11.5 Å². The van der Waals surface area contributed by atoms with E-state index in [1.165, 1.54) is 4.90 Å². The predicted octanol–water partition coefficient (Wildman–Crippen LogP) is 6.49. The fourth-order valence-corrected chi connectivity index (χ4v) is 5.04. The topological polar surface area (TPSA) is 81.9 Å². The number of rotatable bonds is 6. The van der Waals surface area contributed by atoms with Crippen LogP contribution in [0.2, 0.25) is 5.02 Å². The summed E-state index contributed by atoms with van der Waals surface area (Å²) < 4.78 is 17.7. The summed E-state index contributed by atoms with van der Waals surface area (Å²) in [5, 5.41) is 0.697. The van der Waals surface area contributed by atoms with Gasteiger partial charge in [0, 0.05) is 10.7 Å². The summed E-state index contributed by atoms with van der Waals surface area (Å²) >= 11 is 6.20. The highest BCUT2D eigenvalue weighted by Gasteiger charge is 2.44. The molecule has 0 N–H and O–H groups in total. The first-order chi connectivity index (χ1) is 18.9. The predicted molar refractivity (Wildman–Crippen MR) is 149 cm³/mol. The van der Waals surface area contributed by atoms with Gasteiger partial charge in [0.05, 0.1) is 24.1 Å². The van der Waals surface area contributed by atoms with Crippen molar-refractivity contribution in [1.29, 1.82) is 0 Å². The normalized spacial score (nSPS) is 14.5. The lowest BCUT2D eigenvalue weighted by Crippen LogP contribution is -2.30. The molecule has 1 atom stereocenters. The van der Waals surface area contributed by atoms with E-state index in [-0.39, 0.29) is 22.3 Å². The summed E-state index contributed by atoms with van der Waals surface area (Å²) in [5.74, 6) is 0.931. The van der Waals surface area contributed by atoms with Gasteiger partial charge in [0.2, 0.25) is 5.76 Å². The maximum Gasteiger partial charge on any atom is 0.296 e. The van der Waals surface area contributed by atoms with E-state index < -0.39 is 11.9 Å². The van der Waals surface area contributed by atoms with Gasteiger partial charge in [-0.05, 0) is 60.5 Å². The first kappa shape index (κ1) is 24.7. The average molecular weight is 539 g/mol. The second-order valence-electron chi connectivity index (χ2n) is 9.21. The molecule has 8 heteroatoms. The van der Waals surface area contributed by atoms with E-state index in [0.29, 0.717) is 39.9 Å². The number of hydrogen-bond donors (Lipinski definition) is 0. The molecule has 3 heterocycles. The molecule has 0 saturated carbocycles. The number of methoxy groups -OCH3 is 1. The van der Waals surface area contributed by atoms with Crippen LogP contribution in [-0.4, -0.2) is 18.0 Å². The Bertz CT molecular complexity index is 1780. The molecular weight excluding hydrogens is 516 g/mol. The molecule has 5 aromatic rings. The number of ether oxygens (including phenoxy) is 2. The average Bonchev–Trinajstić information content (AvgIpc) is 3.25. The van der Waals surface area contributed by atoms with Gasteiger partial charge in [-0.1, -0.05) is 54.1 Å². The summed E-state index contributed by atoms with van der Waals surface area (Å²) in [6.07, 6.45) is 0. The summed E-state index contributed by atoms with van der Waals surface area (Å²) in [6.45, 7) is 2.20. The molecule has 0 spiro atoms. The smallest absolute Gasteiger partial charge is 0.296 e. The number of carbonyl (C=O) groups excluding carboxylic acids is 1. The van der Waals surface area contributed by atoms with E-state index in [0.717, 1.165) is 11.3 Å². The number of nitrogens with zero attached hydrogens (tertiary/aromatic N) is 2.